The van der Waals surface area contributed by atoms with Crippen LogP contribution in [-0.2, 0) is 11.2 Å². The molecule has 1 saturated heterocycles. The van der Waals surface area contributed by atoms with Gasteiger partial charge in [0.1, 0.15) is 11.5 Å². The highest BCUT2D eigenvalue weighted by Crippen LogP contribution is 2.32. The number of likely N-dealkylation sites (tertiary alicyclic amines) is 1. The highest BCUT2D eigenvalue weighted by molar-refractivity contribution is 5.77. The molecule has 1 heterocycles. The van der Waals surface area contributed by atoms with Gasteiger partial charge in [0.2, 0.25) is 5.91 Å². The molecule has 2 N–H and O–H groups in total. The average molecular weight is 368 g/mol. The molecule has 2 aromatic carbocycles. The SMILES string of the molecule is COc1cc(CCC(=O)N2C[C@@H](CN)[C@H](c3ccccc3)C2)cc(OC)c1. The van der Waals surface area contributed by atoms with Crippen molar-refractivity contribution in [3.8, 4) is 11.5 Å². The van der Waals surface area contributed by atoms with Crippen molar-refractivity contribution in [3.63, 3.8) is 0 Å². The van der Waals surface area contributed by atoms with Crippen LogP contribution < -0.4 is 15.2 Å². The molecule has 0 aliphatic carbocycles. The zero-order valence-electron chi connectivity index (χ0n) is 16.1. The van der Waals surface area contributed by atoms with E-state index in [2.05, 4.69) is 12.1 Å². The summed E-state index contributed by atoms with van der Waals surface area (Å²) in [6, 6.07) is 16.1. The van der Waals surface area contributed by atoms with Gasteiger partial charge >= 0.3 is 0 Å². The summed E-state index contributed by atoms with van der Waals surface area (Å²) in [5, 5.41) is 0. The van der Waals surface area contributed by atoms with Gasteiger partial charge in [-0.15, -0.1) is 0 Å². The van der Waals surface area contributed by atoms with E-state index < -0.39 is 0 Å². The van der Waals surface area contributed by atoms with E-state index >= 15 is 0 Å². The van der Waals surface area contributed by atoms with Crippen LogP contribution >= 0.6 is 0 Å². The number of benzene rings is 2. The molecule has 1 aliphatic rings. The van der Waals surface area contributed by atoms with Gasteiger partial charge in [-0.1, -0.05) is 30.3 Å². The van der Waals surface area contributed by atoms with Gasteiger partial charge < -0.3 is 20.1 Å². The largest absolute Gasteiger partial charge is 0.497 e. The van der Waals surface area contributed by atoms with Crippen LogP contribution in [0, 0.1) is 5.92 Å². The van der Waals surface area contributed by atoms with Crippen molar-refractivity contribution >= 4 is 5.91 Å². The van der Waals surface area contributed by atoms with Crippen LogP contribution in [0.15, 0.2) is 48.5 Å². The van der Waals surface area contributed by atoms with E-state index in [0.29, 0.717) is 31.2 Å². The van der Waals surface area contributed by atoms with Crippen molar-refractivity contribution in [2.24, 2.45) is 11.7 Å². The van der Waals surface area contributed by atoms with Gasteiger partial charge in [-0.3, -0.25) is 4.79 Å². The van der Waals surface area contributed by atoms with Crippen molar-refractivity contribution in [1.82, 2.24) is 4.90 Å². The Morgan fingerprint density at radius 2 is 1.74 bits per heavy atom. The number of carbonyl (C=O) groups excluding carboxylic acids is 1. The molecule has 5 heteroatoms. The van der Waals surface area contributed by atoms with Crippen LogP contribution in [0.1, 0.15) is 23.5 Å². The summed E-state index contributed by atoms with van der Waals surface area (Å²) in [4.78, 5) is 14.8. The number of carbonyl (C=O) groups is 1. The number of hydrogen-bond acceptors (Lipinski definition) is 4. The van der Waals surface area contributed by atoms with E-state index in [1.165, 1.54) is 5.56 Å². The molecule has 0 aromatic heterocycles. The third kappa shape index (κ3) is 4.61. The van der Waals surface area contributed by atoms with Crippen LogP contribution in [0.2, 0.25) is 0 Å². The first-order valence-corrected chi connectivity index (χ1v) is 9.39. The van der Waals surface area contributed by atoms with Crippen molar-refractivity contribution in [1.29, 1.82) is 0 Å². The van der Waals surface area contributed by atoms with E-state index in [4.69, 9.17) is 15.2 Å². The number of aryl methyl sites for hydroxylation is 1. The number of nitrogens with two attached hydrogens (primary N) is 1. The lowest BCUT2D eigenvalue weighted by molar-refractivity contribution is -0.130. The van der Waals surface area contributed by atoms with Crippen molar-refractivity contribution in [2.75, 3.05) is 33.9 Å². The first kappa shape index (κ1) is 19.2. The van der Waals surface area contributed by atoms with Gasteiger partial charge in [-0.25, -0.2) is 0 Å². The minimum absolute atomic E-state index is 0.175. The van der Waals surface area contributed by atoms with Crippen LogP contribution in [-0.4, -0.2) is 44.7 Å². The number of hydrogen-bond donors (Lipinski definition) is 1. The fourth-order valence-electron chi connectivity index (χ4n) is 3.81. The molecule has 0 saturated carbocycles. The summed E-state index contributed by atoms with van der Waals surface area (Å²) in [6.45, 7) is 2.07. The van der Waals surface area contributed by atoms with Crippen LogP contribution in [0.4, 0.5) is 0 Å². The Morgan fingerprint density at radius 3 is 2.33 bits per heavy atom. The van der Waals surface area contributed by atoms with E-state index in [-0.39, 0.29) is 5.91 Å². The second-order valence-electron chi connectivity index (χ2n) is 7.03. The molecular weight excluding hydrogens is 340 g/mol. The summed E-state index contributed by atoms with van der Waals surface area (Å²) >= 11 is 0. The molecule has 2 aromatic rings. The molecule has 1 amide bonds. The molecule has 0 unspecified atom stereocenters. The Kier molecular flexibility index (Phi) is 6.35. The molecule has 0 spiro atoms. The zero-order valence-corrected chi connectivity index (χ0v) is 16.1. The highest BCUT2D eigenvalue weighted by atomic mass is 16.5. The lowest BCUT2D eigenvalue weighted by Crippen LogP contribution is -2.30. The Morgan fingerprint density at radius 1 is 1.07 bits per heavy atom. The molecule has 1 aliphatic heterocycles. The van der Waals surface area contributed by atoms with Crippen molar-refractivity contribution in [3.05, 3.63) is 59.7 Å². The van der Waals surface area contributed by atoms with E-state index in [0.717, 1.165) is 30.2 Å². The summed E-state index contributed by atoms with van der Waals surface area (Å²) in [7, 11) is 3.26. The molecule has 3 rings (SSSR count). The number of nitrogens with zero attached hydrogens (tertiary/aromatic N) is 1. The average Bonchev–Trinajstić information content (AvgIpc) is 3.17. The Hall–Kier alpha value is -2.53. The first-order chi connectivity index (χ1) is 13.1. The number of rotatable bonds is 7. The molecular formula is C22H28N2O3. The smallest absolute Gasteiger partial charge is 0.222 e. The van der Waals surface area contributed by atoms with Gasteiger partial charge in [0.15, 0.2) is 0 Å². The predicted octanol–water partition coefficient (Wildman–Crippen LogP) is 2.84. The van der Waals surface area contributed by atoms with Crippen LogP contribution in [0.5, 0.6) is 11.5 Å². The summed E-state index contributed by atoms with van der Waals surface area (Å²) in [6.07, 6.45) is 1.13. The molecule has 2 atom stereocenters. The molecule has 5 nitrogen and oxygen atoms in total. The molecule has 27 heavy (non-hydrogen) atoms. The predicted molar refractivity (Wildman–Crippen MR) is 106 cm³/mol. The monoisotopic (exact) mass is 368 g/mol. The summed E-state index contributed by atoms with van der Waals surface area (Å²) in [5.74, 6) is 2.29. The standard InChI is InChI=1S/C22H28N2O3/c1-26-19-10-16(11-20(12-19)27-2)8-9-22(25)24-14-18(13-23)21(15-24)17-6-4-3-5-7-17/h3-7,10-12,18,21H,8-9,13-15,23H2,1-2H3/t18-,21+/m1/s1. The van der Waals surface area contributed by atoms with Crippen LogP contribution in [0.3, 0.4) is 0 Å². The minimum atomic E-state index is 0.175. The number of amides is 1. The van der Waals surface area contributed by atoms with E-state index in [1.807, 2.05) is 41.3 Å². The van der Waals surface area contributed by atoms with Crippen molar-refractivity contribution < 1.29 is 14.3 Å². The Balaban J connectivity index is 1.63. The van der Waals surface area contributed by atoms with Gasteiger partial charge in [-0.05, 0) is 42.1 Å². The second-order valence-corrected chi connectivity index (χ2v) is 7.03. The number of ether oxygens (including phenoxy) is 2. The third-order valence-electron chi connectivity index (χ3n) is 5.36. The lowest BCUT2D eigenvalue weighted by atomic mass is 9.89. The maximum atomic E-state index is 12.8. The summed E-state index contributed by atoms with van der Waals surface area (Å²) < 4.78 is 10.6. The third-order valence-corrected chi connectivity index (χ3v) is 5.36. The van der Waals surface area contributed by atoms with Crippen LogP contribution in [0.25, 0.3) is 0 Å². The fraction of sp³-hybridized carbons (Fsp3) is 0.409. The summed E-state index contributed by atoms with van der Waals surface area (Å²) in [5.41, 5.74) is 8.29. The molecule has 1 fully saturated rings. The first-order valence-electron chi connectivity index (χ1n) is 9.39. The topological polar surface area (TPSA) is 64.8 Å². The maximum Gasteiger partial charge on any atom is 0.222 e. The molecule has 0 bridgehead atoms. The lowest BCUT2D eigenvalue weighted by Gasteiger charge is -2.17. The molecule has 0 radical (unpaired) electrons. The minimum Gasteiger partial charge on any atom is -0.497 e. The van der Waals surface area contributed by atoms with Gasteiger partial charge in [0, 0.05) is 31.5 Å². The van der Waals surface area contributed by atoms with Crippen molar-refractivity contribution in [2.45, 2.75) is 18.8 Å². The van der Waals surface area contributed by atoms with E-state index in [1.54, 1.807) is 14.2 Å². The van der Waals surface area contributed by atoms with Gasteiger partial charge in [0.05, 0.1) is 14.2 Å². The normalized spacial score (nSPS) is 19.1. The quantitative estimate of drug-likeness (QED) is 0.816. The Bertz CT molecular complexity index is 741. The fourth-order valence-corrected chi connectivity index (χ4v) is 3.81. The number of methoxy groups -OCH3 is 2. The second kappa shape index (κ2) is 8.91. The highest BCUT2D eigenvalue weighted by Gasteiger charge is 2.34. The van der Waals surface area contributed by atoms with Gasteiger partial charge in [-0.2, -0.15) is 0 Å². The van der Waals surface area contributed by atoms with E-state index in [9.17, 15) is 4.79 Å². The van der Waals surface area contributed by atoms with Gasteiger partial charge in [0.25, 0.3) is 0 Å². The Labute approximate surface area is 161 Å². The maximum absolute atomic E-state index is 12.8. The zero-order chi connectivity index (χ0) is 19.2. The molecule has 144 valence electrons.